The smallest absolute Gasteiger partial charge is 0.0236 e. The molecule has 0 saturated carbocycles. The van der Waals surface area contributed by atoms with Gasteiger partial charge in [-0.05, 0) is 32.4 Å². The second kappa shape index (κ2) is 9.16. The molecule has 0 fully saturated rings. The summed E-state index contributed by atoms with van der Waals surface area (Å²) in [6.07, 6.45) is 6.84. The fourth-order valence-corrected chi connectivity index (χ4v) is 2.26. The van der Waals surface area contributed by atoms with Crippen LogP contribution in [0.25, 0.3) is 0 Å². The molecule has 1 nitrogen and oxygen atoms in total. The number of benzene rings is 1. The van der Waals surface area contributed by atoms with Gasteiger partial charge in [-0.25, -0.2) is 0 Å². The van der Waals surface area contributed by atoms with Crippen LogP contribution >= 0.6 is 0 Å². The maximum absolute atomic E-state index is 2.58. The summed E-state index contributed by atoms with van der Waals surface area (Å²) < 4.78 is 0. The highest BCUT2D eigenvalue weighted by molar-refractivity contribution is 5.14. The lowest BCUT2D eigenvalue weighted by molar-refractivity contribution is 0.208. The third kappa shape index (κ3) is 6.20. The van der Waals surface area contributed by atoms with Gasteiger partial charge in [0.05, 0.1) is 0 Å². The summed E-state index contributed by atoms with van der Waals surface area (Å²) in [6.45, 7) is 9.20. The summed E-state index contributed by atoms with van der Waals surface area (Å²) in [5.74, 6) is 0. The zero-order valence-corrected chi connectivity index (χ0v) is 12.4. The average Bonchev–Trinajstić information content (AvgIpc) is 2.38. The van der Waals surface area contributed by atoms with Crippen molar-refractivity contribution in [2.75, 3.05) is 6.54 Å². The molecular formula is C17H29N. The normalized spacial score (nSPS) is 11.4. The molecule has 0 aromatic heterocycles. The minimum atomic E-state index is 0.636. The van der Waals surface area contributed by atoms with Crippen LogP contribution in [-0.2, 0) is 6.54 Å². The van der Waals surface area contributed by atoms with Gasteiger partial charge in [0.2, 0.25) is 0 Å². The van der Waals surface area contributed by atoms with Crippen LogP contribution in [-0.4, -0.2) is 17.5 Å². The van der Waals surface area contributed by atoms with Crippen molar-refractivity contribution in [2.45, 2.75) is 65.5 Å². The second-order valence-electron chi connectivity index (χ2n) is 5.46. The highest BCUT2D eigenvalue weighted by Crippen LogP contribution is 2.11. The van der Waals surface area contributed by atoms with E-state index in [1.54, 1.807) is 0 Å². The van der Waals surface area contributed by atoms with Crippen molar-refractivity contribution in [1.82, 2.24) is 4.90 Å². The molecule has 0 unspecified atom stereocenters. The van der Waals surface area contributed by atoms with Gasteiger partial charge >= 0.3 is 0 Å². The van der Waals surface area contributed by atoms with Crippen LogP contribution < -0.4 is 0 Å². The van der Waals surface area contributed by atoms with E-state index in [1.165, 1.54) is 44.2 Å². The van der Waals surface area contributed by atoms with E-state index in [4.69, 9.17) is 0 Å². The zero-order valence-electron chi connectivity index (χ0n) is 12.4. The Bertz CT molecular complexity index is 292. The molecule has 1 aromatic carbocycles. The van der Waals surface area contributed by atoms with Gasteiger partial charge < -0.3 is 0 Å². The molecule has 0 amide bonds. The minimum absolute atomic E-state index is 0.636. The molecule has 0 bridgehead atoms. The van der Waals surface area contributed by atoms with Crippen LogP contribution in [0, 0.1) is 0 Å². The molecule has 0 aliphatic rings. The lowest BCUT2D eigenvalue weighted by Gasteiger charge is -2.26. The molecule has 0 radical (unpaired) electrons. The third-order valence-corrected chi connectivity index (χ3v) is 3.51. The predicted molar refractivity (Wildman–Crippen MR) is 80.7 cm³/mol. The molecule has 0 aliphatic carbocycles. The van der Waals surface area contributed by atoms with E-state index in [9.17, 15) is 0 Å². The standard InChI is InChI=1S/C17H29N/c1-4-5-6-7-11-14-18(16(2)3)15-17-12-9-8-10-13-17/h8-10,12-13,16H,4-7,11,14-15H2,1-3H3. The highest BCUT2D eigenvalue weighted by Gasteiger charge is 2.09. The molecule has 1 heteroatoms. The Labute approximate surface area is 113 Å². The Hall–Kier alpha value is -0.820. The lowest BCUT2D eigenvalue weighted by atomic mass is 10.1. The SMILES string of the molecule is CCCCCCCN(Cc1ccccc1)C(C)C. The molecule has 1 aromatic rings. The largest absolute Gasteiger partial charge is 0.297 e. The van der Waals surface area contributed by atoms with Gasteiger partial charge in [-0.2, -0.15) is 0 Å². The fourth-order valence-electron chi connectivity index (χ4n) is 2.26. The van der Waals surface area contributed by atoms with Gasteiger partial charge in [0, 0.05) is 12.6 Å². The van der Waals surface area contributed by atoms with Crippen molar-refractivity contribution in [3.63, 3.8) is 0 Å². The molecule has 0 heterocycles. The molecule has 0 spiro atoms. The Morgan fingerprint density at radius 2 is 1.61 bits per heavy atom. The molecular weight excluding hydrogens is 218 g/mol. The molecule has 0 saturated heterocycles. The average molecular weight is 247 g/mol. The Kier molecular flexibility index (Phi) is 7.75. The van der Waals surface area contributed by atoms with Gasteiger partial charge in [-0.1, -0.05) is 62.9 Å². The number of unbranched alkanes of at least 4 members (excludes halogenated alkanes) is 4. The van der Waals surface area contributed by atoms with Crippen molar-refractivity contribution >= 4 is 0 Å². The van der Waals surface area contributed by atoms with Crippen LogP contribution in [0.5, 0.6) is 0 Å². The van der Waals surface area contributed by atoms with Gasteiger partial charge in [0.15, 0.2) is 0 Å². The van der Waals surface area contributed by atoms with E-state index < -0.39 is 0 Å². The third-order valence-electron chi connectivity index (χ3n) is 3.51. The van der Waals surface area contributed by atoms with Crippen molar-refractivity contribution in [3.05, 3.63) is 35.9 Å². The molecule has 1 rings (SSSR count). The zero-order chi connectivity index (χ0) is 13.2. The predicted octanol–water partition coefficient (Wildman–Crippen LogP) is 4.87. The summed E-state index contributed by atoms with van der Waals surface area (Å²) in [5, 5.41) is 0. The summed E-state index contributed by atoms with van der Waals surface area (Å²) in [5.41, 5.74) is 1.43. The van der Waals surface area contributed by atoms with Crippen LogP contribution in [0.3, 0.4) is 0 Å². The number of rotatable bonds is 9. The van der Waals surface area contributed by atoms with Crippen LogP contribution in [0.4, 0.5) is 0 Å². The van der Waals surface area contributed by atoms with Crippen LogP contribution in [0.15, 0.2) is 30.3 Å². The van der Waals surface area contributed by atoms with Gasteiger partial charge in [0.1, 0.15) is 0 Å². The minimum Gasteiger partial charge on any atom is -0.297 e. The number of nitrogens with zero attached hydrogens (tertiary/aromatic N) is 1. The highest BCUT2D eigenvalue weighted by atomic mass is 15.1. The molecule has 18 heavy (non-hydrogen) atoms. The first-order valence-corrected chi connectivity index (χ1v) is 7.52. The second-order valence-corrected chi connectivity index (χ2v) is 5.46. The fraction of sp³-hybridized carbons (Fsp3) is 0.647. The maximum Gasteiger partial charge on any atom is 0.0236 e. The van der Waals surface area contributed by atoms with E-state index in [0.717, 1.165) is 6.54 Å². The molecule has 102 valence electrons. The Balaban J connectivity index is 2.32. The molecule has 0 atom stereocenters. The van der Waals surface area contributed by atoms with E-state index in [1.807, 2.05) is 0 Å². The van der Waals surface area contributed by atoms with Crippen molar-refractivity contribution in [3.8, 4) is 0 Å². The Morgan fingerprint density at radius 3 is 2.22 bits per heavy atom. The van der Waals surface area contributed by atoms with E-state index in [-0.39, 0.29) is 0 Å². The lowest BCUT2D eigenvalue weighted by Crippen LogP contribution is -2.31. The number of hydrogen-bond acceptors (Lipinski definition) is 1. The first-order chi connectivity index (χ1) is 8.74. The van der Waals surface area contributed by atoms with Gasteiger partial charge in [-0.3, -0.25) is 4.90 Å². The van der Waals surface area contributed by atoms with E-state index >= 15 is 0 Å². The maximum atomic E-state index is 2.58. The Morgan fingerprint density at radius 1 is 0.944 bits per heavy atom. The van der Waals surface area contributed by atoms with Crippen LogP contribution in [0.1, 0.15) is 58.4 Å². The quantitative estimate of drug-likeness (QED) is 0.563. The summed E-state index contributed by atoms with van der Waals surface area (Å²) >= 11 is 0. The van der Waals surface area contributed by atoms with Crippen LogP contribution in [0.2, 0.25) is 0 Å². The van der Waals surface area contributed by atoms with Crippen molar-refractivity contribution in [2.24, 2.45) is 0 Å². The molecule has 0 N–H and O–H groups in total. The summed E-state index contributed by atoms with van der Waals surface area (Å²) in [7, 11) is 0. The molecule has 0 aliphatic heterocycles. The van der Waals surface area contributed by atoms with E-state index in [2.05, 4.69) is 56.0 Å². The summed E-state index contributed by atoms with van der Waals surface area (Å²) in [6, 6.07) is 11.5. The first-order valence-electron chi connectivity index (χ1n) is 7.52. The van der Waals surface area contributed by atoms with Gasteiger partial charge in [-0.15, -0.1) is 0 Å². The van der Waals surface area contributed by atoms with Crippen molar-refractivity contribution in [1.29, 1.82) is 0 Å². The number of hydrogen-bond donors (Lipinski definition) is 0. The monoisotopic (exact) mass is 247 g/mol. The first kappa shape index (κ1) is 15.2. The van der Waals surface area contributed by atoms with E-state index in [0.29, 0.717) is 6.04 Å². The topological polar surface area (TPSA) is 3.24 Å². The van der Waals surface area contributed by atoms with Crippen molar-refractivity contribution < 1.29 is 0 Å². The summed E-state index contributed by atoms with van der Waals surface area (Å²) in [4.78, 5) is 2.58. The van der Waals surface area contributed by atoms with Gasteiger partial charge in [0.25, 0.3) is 0 Å².